The second-order valence-electron chi connectivity index (χ2n) is 6.44. The van der Waals surface area contributed by atoms with Crippen LogP contribution in [0.1, 0.15) is 0 Å². The van der Waals surface area contributed by atoms with Crippen molar-refractivity contribution in [3.63, 3.8) is 0 Å². The Bertz CT molecular complexity index is 1400. The summed E-state index contributed by atoms with van der Waals surface area (Å²) < 4.78 is 8.70. The third-order valence-electron chi connectivity index (χ3n) is 4.90. The van der Waals surface area contributed by atoms with Crippen molar-refractivity contribution in [2.24, 2.45) is 0 Å². The van der Waals surface area contributed by atoms with E-state index < -0.39 is 0 Å². The van der Waals surface area contributed by atoms with Crippen LogP contribution in [-0.2, 0) is 0 Å². The molecule has 0 fully saturated rings. The summed E-state index contributed by atoms with van der Waals surface area (Å²) in [6, 6.07) is 24.9. The number of aromatic nitrogens is 1. The summed E-state index contributed by atoms with van der Waals surface area (Å²) in [5.41, 5.74) is 1.06. The average molecular weight is 351 g/mol. The molecule has 0 unspecified atom stereocenters. The molecule has 2 aromatic heterocycles. The van der Waals surface area contributed by atoms with Gasteiger partial charge in [0.05, 0.1) is 5.52 Å². The van der Waals surface area contributed by atoms with E-state index in [1.165, 1.54) is 36.3 Å². The number of rotatable bonds is 2. The minimum absolute atomic E-state index is 0.850. The number of hydrogen-bond acceptors (Lipinski definition) is 3. The fourth-order valence-corrected chi connectivity index (χ4v) is 5.04. The Morgan fingerprint density at radius 3 is 2.42 bits per heavy atom. The molecule has 2 nitrogen and oxygen atoms in total. The van der Waals surface area contributed by atoms with Gasteiger partial charge in [-0.1, -0.05) is 36.4 Å². The highest BCUT2D eigenvalue weighted by molar-refractivity contribution is 7.26. The number of para-hydroxylation sites is 1. The molecule has 0 saturated carbocycles. The molecule has 2 heterocycles. The summed E-state index contributed by atoms with van der Waals surface area (Å²) in [6.07, 6.45) is 1.87. The molecule has 0 amide bonds. The zero-order valence-electron chi connectivity index (χ0n) is 13.8. The van der Waals surface area contributed by atoms with Crippen molar-refractivity contribution in [2.75, 3.05) is 0 Å². The monoisotopic (exact) mass is 351 g/mol. The van der Waals surface area contributed by atoms with E-state index in [2.05, 4.69) is 41.4 Å². The summed E-state index contributed by atoms with van der Waals surface area (Å²) in [6.45, 7) is 0. The maximum Gasteiger partial charge on any atom is 0.129 e. The van der Waals surface area contributed by atoms with Gasteiger partial charge in [0.25, 0.3) is 0 Å². The molecule has 6 aromatic rings. The second kappa shape index (κ2) is 5.16. The Labute approximate surface area is 153 Å². The predicted octanol–water partition coefficient (Wildman–Crippen LogP) is 6.99. The SMILES string of the molecule is c1ccc(Oc2cc3sc4cccc5c6ncccc6c(c2)c3c45)cc1. The molecule has 0 bridgehead atoms. The van der Waals surface area contributed by atoms with Crippen LogP contribution in [0.25, 0.3) is 41.8 Å². The lowest BCUT2D eigenvalue weighted by atomic mass is 9.97. The molecule has 0 spiro atoms. The molecule has 0 aliphatic heterocycles. The van der Waals surface area contributed by atoms with E-state index in [9.17, 15) is 0 Å². The van der Waals surface area contributed by atoms with Crippen molar-refractivity contribution >= 4 is 53.2 Å². The number of hydrogen-bond donors (Lipinski definition) is 0. The summed E-state index contributed by atoms with van der Waals surface area (Å²) in [4.78, 5) is 4.69. The Morgan fingerprint density at radius 2 is 1.50 bits per heavy atom. The van der Waals surface area contributed by atoms with E-state index in [0.717, 1.165) is 17.0 Å². The number of ether oxygens (including phenoxy) is 1. The minimum Gasteiger partial charge on any atom is -0.457 e. The summed E-state index contributed by atoms with van der Waals surface area (Å²) in [7, 11) is 0. The Hall–Kier alpha value is -3.17. The van der Waals surface area contributed by atoms with Crippen molar-refractivity contribution in [1.29, 1.82) is 0 Å². The van der Waals surface area contributed by atoms with Crippen molar-refractivity contribution in [1.82, 2.24) is 4.98 Å². The molecular formula is C23H13NOS. The maximum atomic E-state index is 6.15. The van der Waals surface area contributed by atoms with Gasteiger partial charge in [0, 0.05) is 37.1 Å². The molecule has 0 atom stereocenters. The lowest BCUT2D eigenvalue weighted by Gasteiger charge is -2.11. The van der Waals surface area contributed by atoms with E-state index >= 15 is 0 Å². The maximum absolute atomic E-state index is 6.15. The predicted molar refractivity (Wildman–Crippen MR) is 110 cm³/mol. The van der Waals surface area contributed by atoms with Crippen molar-refractivity contribution in [3.8, 4) is 11.5 Å². The van der Waals surface area contributed by atoms with E-state index in [-0.39, 0.29) is 0 Å². The van der Waals surface area contributed by atoms with Crippen LogP contribution in [0, 0.1) is 0 Å². The molecule has 4 aromatic carbocycles. The van der Waals surface area contributed by atoms with Crippen LogP contribution in [0.2, 0.25) is 0 Å². The van der Waals surface area contributed by atoms with Gasteiger partial charge in [0.1, 0.15) is 11.5 Å². The van der Waals surface area contributed by atoms with E-state index in [0.29, 0.717) is 0 Å². The molecular weight excluding hydrogens is 338 g/mol. The van der Waals surface area contributed by atoms with Crippen LogP contribution < -0.4 is 4.74 Å². The van der Waals surface area contributed by atoms with Gasteiger partial charge in [-0.05, 0) is 41.8 Å². The Kier molecular flexibility index (Phi) is 2.79. The third-order valence-corrected chi connectivity index (χ3v) is 6.01. The Morgan fingerprint density at radius 1 is 0.654 bits per heavy atom. The average Bonchev–Trinajstić information content (AvgIpc) is 3.06. The summed E-state index contributed by atoms with van der Waals surface area (Å²) in [5.74, 6) is 1.71. The van der Waals surface area contributed by atoms with E-state index in [1.54, 1.807) is 0 Å². The zero-order valence-corrected chi connectivity index (χ0v) is 14.6. The van der Waals surface area contributed by atoms with Gasteiger partial charge in [-0.3, -0.25) is 4.98 Å². The first-order valence-electron chi connectivity index (χ1n) is 8.56. The van der Waals surface area contributed by atoms with Gasteiger partial charge in [-0.15, -0.1) is 11.3 Å². The van der Waals surface area contributed by atoms with Gasteiger partial charge in [0.2, 0.25) is 0 Å². The van der Waals surface area contributed by atoms with Gasteiger partial charge >= 0.3 is 0 Å². The van der Waals surface area contributed by atoms with Crippen LogP contribution in [0.5, 0.6) is 11.5 Å². The van der Waals surface area contributed by atoms with E-state index in [1.807, 2.05) is 53.9 Å². The molecule has 0 saturated heterocycles. The fraction of sp³-hybridized carbons (Fsp3) is 0. The lowest BCUT2D eigenvalue weighted by Crippen LogP contribution is -1.87. The largest absolute Gasteiger partial charge is 0.457 e. The third kappa shape index (κ3) is 1.89. The summed E-state index contributed by atoms with van der Waals surface area (Å²) in [5, 5.41) is 6.26. The number of benzene rings is 4. The van der Waals surface area contributed by atoms with Crippen LogP contribution in [0.15, 0.2) is 79.0 Å². The normalized spacial score (nSPS) is 11.8. The van der Waals surface area contributed by atoms with Crippen molar-refractivity contribution in [2.45, 2.75) is 0 Å². The molecule has 0 aliphatic carbocycles. The van der Waals surface area contributed by atoms with Crippen LogP contribution in [-0.4, -0.2) is 4.98 Å². The van der Waals surface area contributed by atoms with Gasteiger partial charge in [0.15, 0.2) is 0 Å². The second-order valence-corrected chi connectivity index (χ2v) is 7.52. The lowest BCUT2D eigenvalue weighted by molar-refractivity contribution is 0.484. The zero-order chi connectivity index (χ0) is 17.1. The topological polar surface area (TPSA) is 22.1 Å². The van der Waals surface area contributed by atoms with Crippen LogP contribution >= 0.6 is 11.3 Å². The van der Waals surface area contributed by atoms with Crippen LogP contribution in [0.3, 0.4) is 0 Å². The quantitative estimate of drug-likeness (QED) is 0.314. The standard InChI is InChI=1S/C23H13NOS/c1-2-6-14(7-3-1)25-15-12-18-16-9-5-11-24-23(16)17-8-4-10-19-21(17)22(18)20(13-15)26-19/h1-13H. The molecule has 0 N–H and O–H groups in total. The number of nitrogens with zero attached hydrogens (tertiary/aromatic N) is 1. The molecule has 26 heavy (non-hydrogen) atoms. The van der Waals surface area contributed by atoms with Crippen molar-refractivity contribution in [3.05, 3.63) is 79.0 Å². The summed E-state index contributed by atoms with van der Waals surface area (Å²) >= 11 is 1.82. The smallest absolute Gasteiger partial charge is 0.129 e. The molecule has 6 rings (SSSR count). The number of thiophene rings is 1. The first kappa shape index (κ1) is 14.0. The number of pyridine rings is 1. The fourth-order valence-electron chi connectivity index (χ4n) is 3.85. The highest BCUT2D eigenvalue weighted by atomic mass is 32.1. The first-order valence-corrected chi connectivity index (χ1v) is 9.38. The van der Waals surface area contributed by atoms with E-state index in [4.69, 9.17) is 4.74 Å². The molecule has 0 radical (unpaired) electrons. The van der Waals surface area contributed by atoms with Crippen molar-refractivity contribution < 1.29 is 4.74 Å². The number of fused-ring (bicyclic) bond motifs is 3. The highest BCUT2D eigenvalue weighted by Gasteiger charge is 2.17. The van der Waals surface area contributed by atoms with Crippen LogP contribution in [0.4, 0.5) is 0 Å². The van der Waals surface area contributed by atoms with Gasteiger partial charge in [-0.2, -0.15) is 0 Å². The van der Waals surface area contributed by atoms with Gasteiger partial charge < -0.3 is 4.74 Å². The van der Waals surface area contributed by atoms with Gasteiger partial charge in [-0.25, -0.2) is 0 Å². The first-order chi connectivity index (χ1) is 12.9. The molecule has 0 aliphatic rings. The molecule has 3 heteroatoms. The Balaban J connectivity index is 1.76. The highest BCUT2D eigenvalue weighted by Crippen LogP contribution is 2.46. The minimum atomic E-state index is 0.850. The molecule has 122 valence electrons.